The third kappa shape index (κ3) is 3.65. The van der Waals surface area contributed by atoms with E-state index in [2.05, 4.69) is 4.72 Å². The third-order valence-corrected chi connectivity index (χ3v) is 2.85. The minimum atomic E-state index is -3.37. The lowest BCUT2D eigenvalue weighted by Crippen LogP contribution is -2.26. The second kappa shape index (κ2) is 5.10. The molecule has 0 saturated carbocycles. The Bertz CT molecular complexity index is 486. The number of sulfonamides is 1. The van der Waals surface area contributed by atoms with Crippen molar-refractivity contribution >= 4 is 10.0 Å². The van der Waals surface area contributed by atoms with Gasteiger partial charge in [0.2, 0.25) is 10.0 Å². The van der Waals surface area contributed by atoms with Crippen LogP contribution in [0.1, 0.15) is 24.1 Å². The number of hydrogen-bond acceptors (Lipinski definition) is 3. The molecule has 1 aromatic rings. The first-order valence-electron chi connectivity index (χ1n) is 4.92. The van der Waals surface area contributed by atoms with E-state index < -0.39 is 16.1 Å². The van der Waals surface area contributed by atoms with Gasteiger partial charge < -0.3 is 0 Å². The molecule has 0 amide bonds. The Kier molecular flexibility index (Phi) is 4.05. The maximum absolute atomic E-state index is 11.0. The first-order chi connectivity index (χ1) is 7.46. The van der Waals surface area contributed by atoms with Gasteiger partial charge in [-0.05, 0) is 17.5 Å². The lowest BCUT2D eigenvalue weighted by Gasteiger charge is -2.10. The van der Waals surface area contributed by atoms with Crippen molar-refractivity contribution in [3.8, 4) is 6.07 Å². The van der Waals surface area contributed by atoms with Crippen molar-refractivity contribution in [3.63, 3.8) is 0 Å². The fourth-order valence-corrected chi connectivity index (χ4v) is 1.95. The molecule has 0 saturated heterocycles. The molecule has 0 bridgehead atoms. The second-order valence-corrected chi connectivity index (χ2v) is 5.33. The number of rotatable bonds is 4. The van der Waals surface area contributed by atoms with E-state index in [4.69, 9.17) is 5.26 Å². The highest BCUT2D eigenvalue weighted by atomic mass is 32.2. The molecule has 1 atom stereocenters. The van der Waals surface area contributed by atoms with Gasteiger partial charge in [-0.2, -0.15) is 9.98 Å². The van der Waals surface area contributed by atoms with Crippen molar-refractivity contribution in [2.24, 2.45) is 0 Å². The van der Waals surface area contributed by atoms with Crippen LogP contribution in [0.5, 0.6) is 0 Å². The first kappa shape index (κ1) is 12.7. The molecular formula is C11H14N2O2S. The Morgan fingerprint density at radius 1 is 1.38 bits per heavy atom. The minimum absolute atomic E-state index is 0.658. The van der Waals surface area contributed by atoms with E-state index >= 15 is 0 Å². The Balaban J connectivity index is 2.93. The Morgan fingerprint density at radius 3 is 2.31 bits per heavy atom. The second-order valence-electron chi connectivity index (χ2n) is 3.55. The number of benzene rings is 1. The number of hydrogen-bond donors (Lipinski definition) is 1. The highest BCUT2D eigenvalue weighted by molar-refractivity contribution is 7.88. The van der Waals surface area contributed by atoms with Gasteiger partial charge in [0, 0.05) is 0 Å². The Hall–Kier alpha value is -1.38. The molecule has 1 N–H and O–H groups in total. The highest BCUT2D eigenvalue weighted by Gasteiger charge is 2.14. The molecule has 16 heavy (non-hydrogen) atoms. The average molecular weight is 238 g/mol. The molecule has 0 aliphatic heterocycles. The van der Waals surface area contributed by atoms with Crippen LogP contribution in [0.25, 0.3) is 0 Å². The fraction of sp³-hybridized carbons (Fsp3) is 0.364. The molecule has 4 nitrogen and oxygen atoms in total. The predicted octanol–water partition coefficient (Wildman–Crippen LogP) is 1.36. The van der Waals surface area contributed by atoms with Crippen molar-refractivity contribution in [3.05, 3.63) is 35.4 Å². The van der Waals surface area contributed by atoms with Crippen molar-refractivity contribution in [2.75, 3.05) is 6.26 Å². The van der Waals surface area contributed by atoms with Crippen LogP contribution >= 0.6 is 0 Å². The summed E-state index contributed by atoms with van der Waals surface area (Å²) in [4.78, 5) is 0. The van der Waals surface area contributed by atoms with Crippen molar-refractivity contribution < 1.29 is 8.42 Å². The summed E-state index contributed by atoms with van der Waals surface area (Å²) in [5.74, 6) is 0. The largest absolute Gasteiger partial charge is 0.213 e. The van der Waals surface area contributed by atoms with Gasteiger partial charge in [0.05, 0.1) is 12.3 Å². The van der Waals surface area contributed by atoms with E-state index in [9.17, 15) is 8.42 Å². The smallest absolute Gasteiger partial charge is 0.210 e. The van der Waals surface area contributed by atoms with Crippen molar-refractivity contribution in [2.45, 2.75) is 19.4 Å². The van der Waals surface area contributed by atoms with E-state index in [-0.39, 0.29) is 0 Å². The lowest BCUT2D eigenvalue weighted by molar-refractivity contribution is 0.581. The van der Waals surface area contributed by atoms with Gasteiger partial charge >= 0.3 is 0 Å². The van der Waals surface area contributed by atoms with E-state index in [1.54, 1.807) is 12.1 Å². The van der Waals surface area contributed by atoms with Gasteiger partial charge in [0.1, 0.15) is 6.04 Å². The summed E-state index contributed by atoms with van der Waals surface area (Å²) in [6.07, 6.45) is 1.95. The van der Waals surface area contributed by atoms with Crippen LogP contribution in [-0.2, 0) is 16.4 Å². The van der Waals surface area contributed by atoms with E-state index in [1.165, 1.54) is 0 Å². The number of nitriles is 1. The molecule has 0 heterocycles. The summed E-state index contributed by atoms with van der Waals surface area (Å²) in [5, 5.41) is 8.89. The van der Waals surface area contributed by atoms with Crippen LogP contribution in [0.3, 0.4) is 0 Å². The summed E-state index contributed by atoms with van der Waals surface area (Å²) >= 11 is 0. The molecule has 0 spiro atoms. The summed E-state index contributed by atoms with van der Waals surface area (Å²) in [6, 6.07) is 8.43. The monoisotopic (exact) mass is 238 g/mol. The number of nitrogens with one attached hydrogen (secondary N) is 1. The van der Waals surface area contributed by atoms with Gasteiger partial charge in [0.15, 0.2) is 0 Å². The van der Waals surface area contributed by atoms with Gasteiger partial charge in [-0.1, -0.05) is 31.2 Å². The molecule has 0 aliphatic carbocycles. The molecule has 0 aromatic heterocycles. The van der Waals surface area contributed by atoms with Crippen LogP contribution in [0, 0.1) is 11.3 Å². The van der Waals surface area contributed by atoms with Gasteiger partial charge in [-0.15, -0.1) is 0 Å². The van der Waals surface area contributed by atoms with Gasteiger partial charge in [-0.25, -0.2) is 8.42 Å². The molecule has 5 heteroatoms. The SMILES string of the molecule is CCc1ccc(C(C#N)NS(C)(=O)=O)cc1. The van der Waals surface area contributed by atoms with Crippen LogP contribution in [0.15, 0.2) is 24.3 Å². The van der Waals surface area contributed by atoms with E-state index in [0.717, 1.165) is 18.2 Å². The molecular weight excluding hydrogens is 224 g/mol. The van der Waals surface area contributed by atoms with Crippen LogP contribution in [0.4, 0.5) is 0 Å². The molecule has 86 valence electrons. The lowest BCUT2D eigenvalue weighted by atomic mass is 10.1. The molecule has 0 aliphatic rings. The number of aryl methyl sites for hydroxylation is 1. The summed E-state index contributed by atoms with van der Waals surface area (Å²) in [5.41, 5.74) is 1.81. The van der Waals surface area contributed by atoms with Crippen molar-refractivity contribution in [1.29, 1.82) is 5.26 Å². The normalized spacial score (nSPS) is 13.1. The third-order valence-electron chi connectivity index (χ3n) is 2.18. The van der Waals surface area contributed by atoms with E-state index in [1.807, 2.05) is 25.1 Å². The summed E-state index contributed by atoms with van der Waals surface area (Å²) in [6.45, 7) is 2.03. The minimum Gasteiger partial charge on any atom is -0.213 e. The number of nitrogens with zero attached hydrogens (tertiary/aromatic N) is 1. The Morgan fingerprint density at radius 2 is 1.94 bits per heavy atom. The Labute approximate surface area is 96.0 Å². The topological polar surface area (TPSA) is 70.0 Å². The average Bonchev–Trinajstić information content (AvgIpc) is 2.25. The van der Waals surface area contributed by atoms with Crippen LogP contribution in [-0.4, -0.2) is 14.7 Å². The molecule has 1 aromatic carbocycles. The first-order valence-corrected chi connectivity index (χ1v) is 6.81. The molecule has 0 radical (unpaired) electrons. The van der Waals surface area contributed by atoms with Crippen molar-refractivity contribution in [1.82, 2.24) is 4.72 Å². The zero-order valence-electron chi connectivity index (χ0n) is 9.27. The fourth-order valence-electron chi connectivity index (χ4n) is 1.33. The van der Waals surface area contributed by atoms with Crippen LogP contribution < -0.4 is 4.72 Å². The summed E-state index contributed by atoms with van der Waals surface area (Å²) < 4.78 is 24.3. The zero-order valence-corrected chi connectivity index (χ0v) is 10.1. The highest BCUT2D eigenvalue weighted by Crippen LogP contribution is 2.14. The van der Waals surface area contributed by atoms with Gasteiger partial charge in [0.25, 0.3) is 0 Å². The van der Waals surface area contributed by atoms with E-state index in [0.29, 0.717) is 5.56 Å². The quantitative estimate of drug-likeness (QED) is 0.861. The molecule has 1 unspecified atom stereocenters. The maximum atomic E-state index is 11.0. The maximum Gasteiger partial charge on any atom is 0.210 e. The molecule has 1 rings (SSSR count). The van der Waals surface area contributed by atoms with Gasteiger partial charge in [-0.3, -0.25) is 0 Å². The van der Waals surface area contributed by atoms with Crippen LogP contribution in [0.2, 0.25) is 0 Å². The zero-order chi connectivity index (χ0) is 12.2. The summed E-state index contributed by atoms with van der Waals surface area (Å²) in [7, 11) is -3.37. The molecule has 0 fully saturated rings. The predicted molar refractivity (Wildman–Crippen MR) is 62.2 cm³/mol. The standard InChI is InChI=1S/C11H14N2O2S/c1-3-9-4-6-10(7-5-9)11(8-12)13-16(2,14)15/h4-7,11,13H,3H2,1-2H3.